The minimum atomic E-state index is -0.291. The van der Waals surface area contributed by atoms with Gasteiger partial charge in [0.1, 0.15) is 5.84 Å². The third kappa shape index (κ3) is 3.98. The van der Waals surface area contributed by atoms with Crippen molar-refractivity contribution in [1.82, 2.24) is 5.32 Å². The SMILES string of the molecule is COC(CNC1=NC[C@@H](c2ccccc2)Sc2ccccc21)OC. The Bertz CT molecular complexity index is 687. The summed E-state index contributed by atoms with van der Waals surface area (Å²) in [5.41, 5.74) is 2.43. The summed E-state index contributed by atoms with van der Waals surface area (Å²) in [5, 5.41) is 3.69. The summed E-state index contributed by atoms with van der Waals surface area (Å²) in [6.07, 6.45) is -0.291. The number of amidine groups is 1. The van der Waals surface area contributed by atoms with Crippen molar-refractivity contribution >= 4 is 17.6 Å². The van der Waals surface area contributed by atoms with Crippen molar-refractivity contribution in [2.45, 2.75) is 16.4 Å². The molecule has 0 aliphatic carbocycles. The molecule has 126 valence electrons. The first-order chi connectivity index (χ1) is 11.8. The van der Waals surface area contributed by atoms with E-state index in [4.69, 9.17) is 14.5 Å². The highest BCUT2D eigenvalue weighted by Gasteiger charge is 2.21. The standard InChI is InChI=1S/C19H22N2O2S/c1-22-18(23-2)13-21-19-15-10-6-7-11-16(15)24-17(12-20-19)14-8-4-3-5-9-14/h3-11,17-18H,12-13H2,1-2H3,(H,20,21)/t17-/m0/s1. The summed E-state index contributed by atoms with van der Waals surface area (Å²) >= 11 is 1.86. The maximum atomic E-state index is 5.26. The second-order valence-electron chi connectivity index (χ2n) is 5.48. The fourth-order valence-electron chi connectivity index (χ4n) is 2.65. The van der Waals surface area contributed by atoms with E-state index in [0.717, 1.165) is 17.9 Å². The van der Waals surface area contributed by atoms with Crippen molar-refractivity contribution in [3.05, 3.63) is 65.7 Å². The molecule has 2 aromatic carbocycles. The second-order valence-corrected chi connectivity index (χ2v) is 6.73. The lowest BCUT2D eigenvalue weighted by atomic mass is 10.1. The topological polar surface area (TPSA) is 42.8 Å². The van der Waals surface area contributed by atoms with Gasteiger partial charge in [0.2, 0.25) is 0 Å². The third-order valence-electron chi connectivity index (χ3n) is 3.96. The quantitative estimate of drug-likeness (QED) is 0.845. The van der Waals surface area contributed by atoms with Gasteiger partial charge in [0.25, 0.3) is 0 Å². The minimum Gasteiger partial charge on any atom is -0.365 e. The lowest BCUT2D eigenvalue weighted by molar-refractivity contribution is -0.0965. The molecule has 0 fully saturated rings. The van der Waals surface area contributed by atoms with Crippen LogP contribution in [0.15, 0.2) is 64.5 Å². The second kappa shape index (κ2) is 8.33. The van der Waals surface area contributed by atoms with Crippen LogP contribution in [0.1, 0.15) is 16.4 Å². The Morgan fingerprint density at radius 3 is 2.54 bits per heavy atom. The Morgan fingerprint density at radius 1 is 1.08 bits per heavy atom. The average molecular weight is 342 g/mol. The molecule has 1 aliphatic rings. The Labute approximate surface area is 147 Å². The molecule has 0 amide bonds. The van der Waals surface area contributed by atoms with Gasteiger partial charge in [0.15, 0.2) is 6.29 Å². The van der Waals surface area contributed by atoms with E-state index in [0.29, 0.717) is 11.8 Å². The zero-order valence-corrected chi connectivity index (χ0v) is 14.8. The van der Waals surface area contributed by atoms with Crippen LogP contribution in [0.25, 0.3) is 0 Å². The summed E-state index contributed by atoms with van der Waals surface area (Å²) in [6.45, 7) is 1.29. The van der Waals surface area contributed by atoms with Crippen LogP contribution < -0.4 is 5.32 Å². The number of nitrogens with one attached hydrogen (secondary N) is 1. The highest BCUT2D eigenvalue weighted by Crippen LogP contribution is 2.39. The number of aliphatic imine (C=N–C) groups is 1. The summed E-state index contributed by atoms with van der Waals surface area (Å²) in [7, 11) is 3.28. The lowest BCUT2D eigenvalue weighted by Crippen LogP contribution is -2.35. The van der Waals surface area contributed by atoms with Crippen LogP contribution in [0, 0.1) is 0 Å². The Balaban J connectivity index is 1.85. The Morgan fingerprint density at radius 2 is 1.79 bits per heavy atom. The van der Waals surface area contributed by atoms with Crippen molar-refractivity contribution in [3.8, 4) is 0 Å². The van der Waals surface area contributed by atoms with Crippen LogP contribution in [0.2, 0.25) is 0 Å². The van der Waals surface area contributed by atoms with Crippen LogP contribution in [-0.4, -0.2) is 39.4 Å². The van der Waals surface area contributed by atoms with E-state index in [-0.39, 0.29) is 6.29 Å². The van der Waals surface area contributed by atoms with Gasteiger partial charge >= 0.3 is 0 Å². The first-order valence-electron chi connectivity index (χ1n) is 7.96. The highest BCUT2D eigenvalue weighted by atomic mass is 32.2. The zero-order chi connectivity index (χ0) is 16.8. The molecule has 0 bridgehead atoms. The maximum absolute atomic E-state index is 5.26. The smallest absolute Gasteiger partial charge is 0.173 e. The monoisotopic (exact) mass is 342 g/mol. The van der Waals surface area contributed by atoms with Crippen molar-refractivity contribution in [2.24, 2.45) is 4.99 Å². The highest BCUT2D eigenvalue weighted by molar-refractivity contribution is 7.99. The van der Waals surface area contributed by atoms with Crippen molar-refractivity contribution in [2.75, 3.05) is 27.3 Å². The number of fused-ring (bicyclic) bond motifs is 1. The summed E-state index contributed by atoms with van der Waals surface area (Å²) in [5.74, 6) is 0.899. The fourth-order valence-corrected chi connectivity index (χ4v) is 3.85. The largest absolute Gasteiger partial charge is 0.365 e. The van der Waals surface area contributed by atoms with Gasteiger partial charge < -0.3 is 14.8 Å². The number of rotatable bonds is 5. The Kier molecular flexibility index (Phi) is 5.91. The third-order valence-corrected chi connectivity index (χ3v) is 5.28. The molecule has 0 radical (unpaired) electrons. The molecule has 1 aliphatic heterocycles. The van der Waals surface area contributed by atoms with Gasteiger partial charge in [-0.1, -0.05) is 48.5 Å². The van der Waals surface area contributed by atoms with E-state index in [1.54, 1.807) is 14.2 Å². The number of benzene rings is 2. The van der Waals surface area contributed by atoms with Gasteiger partial charge in [-0.2, -0.15) is 0 Å². The van der Waals surface area contributed by atoms with Gasteiger partial charge in [0.05, 0.1) is 18.3 Å². The minimum absolute atomic E-state index is 0.291. The number of hydrogen-bond acceptors (Lipinski definition) is 5. The number of ether oxygens (including phenoxy) is 2. The molecule has 1 heterocycles. The summed E-state index contributed by atoms with van der Waals surface area (Å²) in [4.78, 5) is 6.07. The number of methoxy groups -OCH3 is 2. The molecular weight excluding hydrogens is 320 g/mol. The van der Waals surface area contributed by atoms with Crippen molar-refractivity contribution in [1.29, 1.82) is 0 Å². The zero-order valence-electron chi connectivity index (χ0n) is 13.9. The van der Waals surface area contributed by atoms with Crippen molar-refractivity contribution < 1.29 is 9.47 Å². The Hall–Kier alpha value is -1.82. The number of thioether (sulfide) groups is 1. The molecule has 1 atom stereocenters. The van der Waals surface area contributed by atoms with Gasteiger partial charge in [-0.05, 0) is 11.6 Å². The molecule has 4 nitrogen and oxygen atoms in total. The van der Waals surface area contributed by atoms with Crippen molar-refractivity contribution in [3.63, 3.8) is 0 Å². The van der Waals surface area contributed by atoms with E-state index in [1.165, 1.54) is 10.5 Å². The molecule has 0 saturated heterocycles. The average Bonchev–Trinajstić information content (AvgIpc) is 2.83. The molecule has 0 saturated carbocycles. The summed E-state index contributed by atoms with van der Waals surface area (Å²) in [6, 6.07) is 18.9. The van der Waals surface area contributed by atoms with E-state index < -0.39 is 0 Å². The molecule has 1 N–H and O–H groups in total. The molecule has 0 unspecified atom stereocenters. The molecule has 0 aromatic heterocycles. The van der Waals surface area contributed by atoms with Crippen LogP contribution in [0.5, 0.6) is 0 Å². The molecular formula is C19H22N2O2S. The van der Waals surface area contributed by atoms with E-state index in [9.17, 15) is 0 Å². The molecule has 0 spiro atoms. The van der Waals surface area contributed by atoms with E-state index >= 15 is 0 Å². The van der Waals surface area contributed by atoms with Crippen LogP contribution in [0.3, 0.4) is 0 Å². The maximum Gasteiger partial charge on any atom is 0.173 e. The van der Waals surface area contributed by atoms with Gasteiger partial charge in [-0.25, -0.2) is 0 Å². The first kappa shape index (κ1) is 17.0. The summed E-state index contributed by atoms with van der Waals surface area (Å²) < 4.78 is 10.5. The van der Waals surface area contributed by atoms with E-state index in [2.05, 4.69) is 47.8 Å². The van der Waals surface area contributed by atoms with E-state index in [1.807, 2.05) is 23.9 Å². The predicted octanol–water partition coefficient (Wildman–Crippen LogP) is 3.49. The molecule has 24 heavy (non-hydrogen) atoms. The van der Waals surface area contributed by atoms with Crippen LogP contribution in [0.4, 0.5) is 0 Å². The van der Waals surface area contributed by atoms with Gasteiger partial charge in [-0.15, -0.1) is 11.8 Å². The van der Waals surface area contributed by atoms with Gasteiger partial charge in [0, 0.05) is 24.7 Å². The number of nitrogens with zero attached hydrogens (tertiary/aromatic N) is 1. The lowest BCUT2D eigenvalue weighted by Gasteiger charge is -2.16. The molecule has 5 heteroatoms. The fraction of sp³-hybridized carbons (Fsp3) is 0.316. The normalized spacial score (nSPS) is 17.1. The van der Waals surface area contributed by atoms with Crippen LogP contribution >= 0.6 is 11.8 Å². The molecule has 3 rings (SSSR count). The van der Waals surface area contributed by atoms with Gasteiger partial charge in [-0.3, -0.25) is 4.99 Å². The number of hydrogen-bond donors (Lipinski definition) is 1. The van der Waals surface area contributed by atoms with Crippen LogP contribution in [-0.2, 0) is 9.47 Å². The molecule has 2 aromatic rings. The predicted molar refractivity (Wildman–Crippen MR) is 98.7 cm³/mol. The first-order valence-corrected chi connectivity index (χ1v) is 8.84.